The molecule has 13 heavy (non-hydrogen) atoms. The normalized spacial score (nSPS) is 10.8. The van der Waals surface area contributed by atoms with Gasteiger partial charge in [-0.3, -0.25) is 4.84 Å². The van der Waals surface area contributed by atoms with E-state index in [9.17, 15) is 5.11 Å². The zero-order valence-corrected chi connectivity index (χ0v) is 6.95. The summed E-state index contributed by atoms with van der Waals surface area (Å²) in [7, 11) is 0. The summed E-state index contributed by atoms with van der Waals surface area (Å²) in [6, 6.07) is 5.12. The summed E-state index contributed by atoms with van der Waals surface area (Å²) in [5, 5.41) is 10.2. The molecular formula is C9H10N2O2. The van der Waals surface area contributed by atoms with E-state index in [-0.39, 0.29) is 5.75 Å². The number of nitrogens with two attached hydrogens (primary N) is 1. The molecule has 1 aromatic carbocycles. The van der Waals surface area contributed by atoms with Crippen LogP contribution in [0.25, 0.3) is 10.9 Å². The number of benzene rings is 1. The van der Waals surface area contributed by atoms with Crippen molar-refractivity contribution in [3.05, 3.63) is 30.0 Å². The third kappa shape index (κ3) is 1.37. The topological polar surface area (TPSA) is 71.3 Å². The minimum atomic E-state index is 0.241. The van der Waals surface area contributed by atoms with Crippen molar-refractivity contribution in [3.63, 3.8) is 0 Å². The molecule has 4 nitrogen and oxygen atoms in total. The second-order valence-electron chi connectivity index (χ2n) is 2.85. The van der Waals surface area contributed by atoms with Gasteiger partial charge >= 0.3 is 0 Å². The first-order valence-electron chi connectivity index (χ1n) is 3.92. The molecule has 0 fully saturated rings. The minimum absolute atomic E-state index is 0.241. The van der Waals surface area contributed by atoms with Crippen LogP contribution in [0, 0.1) is 0 Å². The molecule has 0 spiro atoms. The van der Waals surface area contributed by atoms with Crippen LogP contribution in [0.15, 0.2) is 24.4 Å². The standard InChI is InChI=1S/C9H10N2O2/c10-13-5-6-4-11-9-2-1-7(12)3-8(6)9/h1-4,11-12H,5,10H2. The van der Waals surface area contributed by atoms with Crippen LogP contribution in [0.5, 0.6) is 5.75 Å². The SMILES string of the molecule is NOCc1c[nH]c2ccc(O)cc12. The molecule has 2 rings (SSSR count). The van der Waals surface area contributed by atoms with E-state index in [1.807, 2.05) is 12.3 Å². The molecule has 0 aliphatic heterocycles. The number of aromatic nitrogens is 1. The Hall–Kier alpha value is -1.52. The van der Waals surface area contributed by atoms with Crippen molar-refractivity contribution in [1.29, 1.82) is 0 Å². The Balaban J connectivity index is 2.58. The highest BCUT2D eigenvalue weighted by Gasteiger charge is 2.03. The number of phenolic OH excluding ortho intramolecular Hbond substituents is 1. The van der Waals surface area contributed by atoms with Crippen molar-refractivity contribution in [2.75, 3.05) is 0 Å². The van der Waals surface area contributed by atoms with Gasteiger partial charge in [0, 0.05) is 22.7 Å². The molecule has 68 valence electrons. The van der Waals surface area contributed by atoms with Gasteiger partial charge in [0.25, 0.3) is 0 Å². The highest BCUT2D eigenvalue weighted by molar-refractivity contribution is 5.84. The van der Waals surface area contributed by atoms with Gasteiger partial charge in [-0.15, -0.1) is 0 Å². The summed E-state index contributed by atoms with van der Waals surface area (Å²) in [5.41, 5.74) is 1.90. The fraction of sp³-hybridized carbons (Fsp3) is 0.111. The molecule has 4 heteroatoms. The molecule has 0 saturated carbocycles. The lowest BCUT2D eigenvalue weighted by molar-refractivity contribution is 0.125. The first-order valence-corrected chi connectivity index (χ1v) is 3.92. The second-order valence-corrected chi connectivity index (χ2v) is 2.85. The predicted molar refractivity (Wildman–Crippen MR) is 48.9 cm³/mol. The van der Waals surface area contributed by atoms with E-state index in [0.29, 0.717) is 6.61 Å². The highest BCUT2D eigenvalue weighted by atomic mass is 16.6. The predicted octanol–water partition coefficient (Wildman–Crippen LogP) is 1.26. The molecule has 0 aliphatic carbocycles. The van der Waals surface area contributed by atoms with E-state index >= 15 is 0 Å². The van der Waals surface area contributed by atoms with Crippen molar-refractivity contribution < 1.29 is 9.94 Å². The van der Waals surface area contributed by atoms with E-state index in [1.165, 1.54) is 0 Å². The van der Waals surface area contributed by atoms with E-state index in [2.05, 4.69) is 9.82 Å². The van der Waals surface area contributed by atoms with Gasteiger partial charge in [-0.1, -0.05) is 0 Å². The maximum atomic E-state index is 9.26. The zero-order chi connectivity index (χ0) is 9.26. The van der Waals surface area contributed by atoms with Crippen molar-refractivity contribution >= 4 is 10.9 Å². The van der Waals surface area contributed by atoms with Crippen LogP contribution in [0.4, 0.5) is 0 Å². The number of aromatic hydroxyl groups is 1. The van der Waals surface area contributed by atoms with Crippen LogP contribution in [-0.4, -0.2) is 10.1 Å². The monoisotopic (exact) mass is 178 g/mol. The van der Waals surface area contributed by atoms with Gasteiger partial charge in [0.1, 0.15) is 5.75 Å². The quantitative estimate of drug-likeness (QED) is 0.606. The highest BCUT2D eigenvalue weighted by Crippen LogP contribution is 2.22. The summed E-state index contributed by atoms with van der Waals surface area (Å²) in [5.74, 6) is 5.21. The van der Waals surface area contributed by atoms with Gasteiger partial charge in [-0.05, 0) is 18.2 Å². The van der Waals surface area contributed by atoms with Crippen LogP contribution in [0.3, 0.4) is 0 Å². The van der Waals surface area contributed by atoms with E-state index in [1.54, 1.807) is 12.1 Å². The Morgan fingerprint density at radius 3 is 3.08 bits per heavy atom. The van der Waals surface area contributed by atoms with Crippen molar-refractivity contribution in [2.45, 2.75) is 6.61 Å². The molecule has 1 heterocycles. The average Bonchev–Trinajstić information content (AvgIpc) is 2.49. The molecular weight excluding hydrogens is 168 g/mol. The molecule has 0 bridgehead atoms. The third-order valence-electron chi connectivity index (χ3n) is 1.99. The zero-order valence-electron chi connectivity index (χ0n) is 6.95. The van der Waals surface area contributed by atoms with Crippen LogP contribution in [0.2, 0.25) is 0 Å². The van der Waals surface area contributed by atoms with Gasteiger partial charge in [0.15, 0.2) is 0 Å². The van der Waals surface area contributed by atoms with Gasteiger partial charge in [-0.25, -0.2) is 5.90 Å². The fourth-order valence-corrected chi connectivity index (χ4v) is 1.38. The molecule has 1 aromatic heterocycles. The third-order valence-corrected chi connectivity index (χ3v) is 1.99. The first kappa shape index (κ1) is 8.10. The second kappa shape index (κ2) is 3.08. The summed E-state index contributed by atoms with van der Waals surface area (Å²) in [6.45, 7) is 0.337. The van der Waals surface area contributed by atoms with Crippen LogP contribution >= 0.6 is 0 Å². The van der Waals surface area contributed by atoms with Gasteiger partial charge in [0.05, 0.1) is 6.61 Å². The molecule has 0 atom stereocenters. The molecule has 2 aromatic rings. The number of nitrogens with one attached hydrogen (secondary N) is 1. The Bertz CT molecular complexity index is 422. The average molecular weight is 178 g/mol. The van der Waals surface area contributed by atoms with Crippen LogP contribution in [0.1, 0.15) is 5.56 Å². The van der Waals surface area contributed by atoms with Crippen LogP contribution in [-0.2, 0) is 11.4 Å². The lowest BCUT2D eigenvalue weighted by Gasteiger charge is -1.96. The Morgan fingerprint density at radius 2 is 2.31 bits per heavy atom. The van der Waals surface area contributed by atoms with E-state index in [0.717, 1.165) is 16.5 Å². The Labute approximate surface area is 74.9 Å². The maximum Gasteiger partial charge on any atom is 0.116 e. The molecule has 0 aliphatic rings. The molecule has 4 N–H and O–H groups in total. The lowest BCUT2D eigenvalue weighted by atomic mass is 10.2. The Kier molecular flexibility index (Phi) is 1.92. The first-order chi connectivity index (χ1) is 6.31. The molecule has 0 amide bonds. The van der Waals surface area contributed by atoms with Crippen molar-refractivity contribution in [3.8, 4) is 5.75 Å². The van der Waals surface area contributed by atoms with Crippen molar-refractivity contribution in [1.82, 2.24) is 4.98 Å². The van der Waals surface area contributed by atoms with Crippen molar-refractivity contribution in [2.24, 2.45) is 5.90 Å². The van der Waals surface area contributed by atoms with Gasteiger partial charge in [-0.2, -0.15) is 0 Å². The number of aromatic amines is 1. The maximum absolute atomic E-state index is 9.26. The number of hydrogen-bond acceptors (Lipinski definition) is 3. The molecule has 0 radical (unpaired) electrons. The number of hydrogen-bond donors (Lipinski definition) is 3. The lowest BCUT2D eigenvalue weighted by Crippen LogP contribution is -1.97. The number of rotatable bonds is 2. The fourth-order valence-electron chi connectivity index (χ4n) is 1.38. The van der Waals surface area contributed by atoms with E-state index in [4.69, 9.17) is 5.90 Å². The number of fused-ring (bicyclic) bond motifs is 1. The number of H-pyrrole nitrogens is 1. The summed E-state index contributed by atoms with van der Waals surface area (Å²) in [4.78, 5) is 7.59. The minimum Gasteiger partial charge on any atom is -0.508 e. The molecule has 0 unspecified atom stereocenters. The number of phenols is 1. The summed E-state index contributed by atoms with van der Waals surface area (Å²) >= 11 is 0. The Morgan fingerprint density at radius 1 is 1.46 bits per heavy atom. The summed E-state index contributed by atoms with van der Waals surface area (Å²) < 4.78 is 0. The van der Waals surface area contributed by atoms with E-state index < -0.39 is 0 Å². The van der Waals surface area contributed by atoms with Crippen LogP contribution < -0.4 is 5.90 Å². The summed E-state index contributed by atoms with van der Waals surface area (Å²) in [6.07, 6.45) is 1.82. The van der Waals surface area contributed by atoms with Gasteiger partial charge < -0.3 is 10.1 Å². The molecule has 0 saturated heterocycles. The smallest absolute Gasteiger partial charge is 0.116 e. The van der Waals surface area contributed by atoms with Gasteiger partial charge in [0.2, 0.25) is 0 Å². The largest absolute Gasteiger partial charge is 0.508 e.